The van der Waals surface area contributed by atoms with Crippen LogP contribution in [0.15, 0.2) is 30.3 Å². The molecule has 0 unspecified atom stereocenters. The first-order valence-electron chi connectivity index (χ1n) is 11.9. The van der Waals surface area contributed by atoms with Crippen molar-refractivity contribution < 1.29 is 9.09 Å². The van der Waals surface area contributed by atoms with E-state index in [2.05, 4.69) is 44.9 Å². The van der Waals surface area contributed by atoms with E-state index in [9.17, 15) is 4.57 Å². The van der Waals surface area contributed by atoms with Gasteiger partial charge in [-0.15, -0.1) is 0 Å². The third kappa shape index (κ3) is 6.68. The Morgan fingerprint density at radius 3 is 2.41 bits per heavy atom. The maximum absolute atomic E-state index is 14.3. The summed E-state index contributed by atoms with van der Waals surface area (Å²) >= 11 is 0. The molecule has 2 saturated carbocycles. The minimum atomic E-state index is -2.81. The Balaban J connectivity index is 1.78. The fourth-order valence-corrected chi connectivity index (χ4v) is 8.10. The molecule has 2 aliphatic carbocycles. The minimum absolute atomic E-state index is 0.132. The van der Waals surface area contributed by atoms with Gasteiger partial charge in [0.05, 0.1) is 18.6 Å². The van der Waals surface area contributed by atoms with Gasteiger partial charge in [0.1, 0.15) is 0 Å². The molecular weight excluding hydrogens is 377 g/mol. The van der Waals surface area contributed by atoms with Gasteiger partial charge in [-0.1, -0.05) is 76.8 Å². The Morgan fingerprint density at radius 2 is 1.76 bits per heavy atom. The average molecular weight is 420 g/mol. The number of nitrogens with zero attached hydrogens (tertiary/aromatic N) is 1. The number of benzene rings is 1. The Bertz CT molecular complexity index is 656. The van der Waals surface area contributed by atoms with Gasteiger partial charge in [0.2, 0.25) is 7.37 Å². The molecule has 0 bridgehead atoms. The molecule has 4 atom stereocenters. The minimum Gasteiger partial charge on any atom is -0.324 e. The second kappa shape index (κ2) is 10.6. The number of hydrogen-bond donors (Lipinski definition) is 0. The molecule has 0 radical (unpaired) electrons. The smallest absolute Gasteiger partial charge is 0.221 e. The van der Waals surface area contributed by atoms with Gasteiger partial charge in [-0.2, -0.15) is 0 Å². The molecule has 0 aromatic heterocycles. The van der Waals surface area contributed by atoms with E-state index in [0.717, 1.165) is 12.0 Å². The quantitative estimate of drug-likeness (QED) is 0.419. The van der Waals surface area contributed by atoms with Gasteiger partial charge in [0.15, 0.2) is 0 Å². The van der Waals surface area contributed by atoms with Crippen LogP contribution in [0.4, 0.5) is 0 Å². The molecule has 0 spiro atoms. The monoisotopic (exact) mass is 419 g/mol. The zero-order valence-electron chi connectivity index (χ0n) is 19.1. The van der Waals surface area contributed by atoms with Gasteiger partial charge in [-0.25, -0.2) is 0 Å². The highest BCUT2D eigenvalue weighted by Gasteiger charge is 2.38. The summed E-state index contributed by atoms with van der Waals surface area (Å²) in [7, 11) is -0.643. The maximum Gasteiger partial charge on any atom is 0.221 e. The molecule has 0 heterocycles. The third-order valence-electron chi connectivity index (χ3n) is 7.19. The van der Waals surface area contributed by atoms with Gasteiger partial charge in [-0.05, 0) is 56.0 Å². The van der Waals surface area contributed by atoms with Crippen molar-refractivity contribution in [2.75, 3.05) is 13.3 Å². The summed E-state index contributed by atoms with van der Waals surface area (Å²) in [6, 6.07) is 10.9. The third-order valence-corrected chi connectivity index (χ3v) is 9.57. The lowest BCUT2D eigenvalue weighted by Crippen LogP contribution is -2.37. The zero-order valence-corrected chi connectivity index (χ0v) is 19.9. The average Bonchev–Trinajstić information content (AvgIpc) is 2.69. The summed E-state index contributed by atoms with van der Waals surface area (Å²) in [4.78, 5) is 2.36. The highest BCUT2D eigenvalue weighted by molar-refractivity contribution is 7.58. The molecular formula is C25H42NO2P. The van der Waals surface area contributed by atoms with Crippen LogP contribution in [-0.4, -0.2) is 30.4 Å². The van der Waals surface area contributed by atoms with Crippen molar-refractivity contribution in [1.29, 1.82) is 0 Å². The van der Waals surface area contributed by atoms with Crippen molar-refractivity contribution >= 4 is 7.37 Å². The highest BCUT2D eigenvalue weighted by atomic mass is 31.2. The standard InChI is InChI=1S/C25H42NO2P/c1-20(2)24-16-15-21(3)17-25(24)28-29(27,18-22-11-7-5-8-12-22)19-26(4)23-13-9-6-10-14-23/h5,7-8,11-12,20-21,23-25H,6,9-10,13-19H2,1-4H3/t21-,24+,25-,29+/m1/s1. The first-order chi connectivity index (χ1) is 13.9. The number of rotatable bonds is 8. The molecule has 0 N–H and O–H groups in total. The summed E-state index contributed by atoms with van der Waals surface area (Å²) in [5.74, 6) is 1.76. The van der Waals surface area contributed by atoms with Gasteiger partial charge in [0, 0.05) is 6.04 Å². The molecule has 29 heavy (non-hydrogen) atoms. The van der Waals surface area contributed by atoms with Crippen molar-refractivity contribution in [3.8, 4) is 0 Å². The summed E-state index contributed by atoms with van der Waals surface area (Å²) in [6.07, 6.45) is 11.2. The molecule has 1 aromatic carbocycles. The Labute approximate surface area is 179 Å². The summed E-state index contributed by atoms with van der Waals surface area (Å²) in [5.41, 5.74) is 1.14. The first-order valence-corrected chi connectivity index (χ1v) is 13.9. The van der Waals surface area contributed by atoms with E-state index in [0.29, 0.717) is 36.2 Å². The van der Waals surface area contributed by atoms with Crippen LogP contribution in [0.3, 0.4) is 0 Å². The van der Waals surface area contributed by atoms with Crippen LogP contribution < -0.4 is 0 Å². The maximum atomic E-state index is 14.3. The van der Waals surface area contributed by atoms with Crippen LogP contribution in [0.1, 0.15) is 77.7 Å². The van der Waals surface area contributed by atoms with Crippen LogP contribution in [0, 0.1) is 17.8 Å². The van der Waals surface area contributed by atoms with Crippen molar-refractivity contribution in [2.45, 2.75) is 90.4 Å². The molecule has 3 nitrogen and oxygen atoms in total. The van der Waals surface area contributed by atoms with E-state index in [4.69, 9.17) is 4.52 Å². The van der Waals surface area contributed by atoms with E-state index in [1.165, 1.54) is 44.9 Å². The molecule has 0 amide bonds. The number of hydrogen-bond acceptors (Lipinski definition) is 3. The van der Waals surface area contributed by atoms with E-state index in [1.807, 2.05) is 18.2 Å². The van der Waals surface area contributed by atoms with Crippen molar-refractivity contribution in [3.63, 3.8) is 0 Å². The predicted molar refractivity (Wildman–Crippen MR) is 123 cm³/mol. The molecule has 2 aliphatic rings. The topological polar surface area (TPSA) is 29.5 Å². The predicted octanol–water partition coefficient (Wildman–Crippen LogP) is 7.16. The summed E-state index contributed by atoms with van der Waals surface area (Å²) in [6.45, 7) is 6.92. The highest BCUT2D eigenvalue weighted by Crippen LogP contribution is 2.55. The molecule has 0 saturated heterocycles. The summed E-state index contributed by atoms with van der Waals surface area (Å²) in [5, 5.41) is 0. The molecule has 2 fully saturated rings. The Morgan fingerprint density at radius 1 is 1.07 bits per heavy atom. The lowest BCUT2D eigenvalue weighted by atomic mass is 9.75. The van der Waals surface area contributed by atoms with Crippen molar-refractivity contribution in [2.24, 2.45) is 17.8 Å². The van der Waals surface area contributed by atoms with E-state index in [-0.39, 0.29) is 6.10 Å². The molecule has 1 aromatic rings. The fourth-order valence-electron chi connectivity index (χ4n) is 5.44. The van der Waals surface area contributed by atoms with E-state index < -0.39 is 7.37 Å². The fraction of sp³-hybridized carbons (Fsp3) is 0.760. The zero-order chi connectivity index (χ0) is 20.9. The van der Waals surface area contributed by atoms with Crippen molar-refractivity contribution in [3.05, 3.63) is 35.9 Å². The first kappa shape index (κ1) is 23.0. The van der Waals surface area contributed by atoms with E-state index >= 15 is 0 Å². The normalized spacial score (nSPS) is 28.6. The van der Waals surface area contributed by atoms with Crippen LogP contribution in [0.25, 0.3) is 0 Å². The Hall–Kier alpha value is -0.630. The second-order valence-corrected chi connectivity index (χ2v) is 12.6. The molecule has 0 aliphatic heterocycles. The van der Waals surface area contributed by atoms with Crippen LogP contribution >= 0.6 is 7.37 Å². The lowest BCUT2D eigenvalue weighted by Gasteiger charge is -2.40. The van der Waals surface area contributed by atoms with Crippen LogP contribution in [0.5, 0.6) is 0 Å². The van der Waals surface area contributed by atoms with Gasteiger partial charge < -0.3 is 4.52 Å². The largest absolute Gasteiger partial charge is 0.324 e. The van der Waals surface area contributed by atoms with Gasteiger partial charge in [-0.3, -0.25) is 9.46 Å². The lowest BCUT2D eigenvalue weighted by molar-refractivity contribution is 0.0453. The SMILES string of the molecule is CC(C)[C@@H]1CC[C@@H](C)C[C@H]1O[P@@](=O)(Cc1ccccc1)CN(C)C1CCCCC1. The molecule has 164 valence electrons. The second-order valence-electron chi connectivity index (χ2n) is 10.1. The molecule has 3 rings (SSSR count). The van der Waals surface area contributed by atoms with Gasteiger partial charge in [0.25, 0.3) is 0 Å². The van der Waals surface area contributed by atoms with Crippen molar-refractivity contribution in [1.82, 2.24) is 4.90 Å². The van der Waals surface area contributed by atoms with Gasteiger partial charge >= 0.3 is 0 Å². The van der Waals surface area contributed by atoms with Crippen LogP contribution in [-0.2, 0) is 15.3 Å². The van der Waals surface area contributed by atoms with Crippen LogP contribution in [0.2, 0.25) is 0 Å². The Kier molecular flexibility index (Phi) is 8.42. The summed E-state index contributed by atoms with van der Waals surface area (Å²) < 4.78 is 21.0. The molecule has 4 heteroatoms. The van der Waals surface area contributed by atoms with E-state index in [1.54, 1.807) is 0 Å².